The summed E-state index contributed by atoms with van der Waals surface area (Å²) >= 11 is 0. The van der Waals surface area contributed by atoms with Crippen LogP contribution in [0.15, 0.2) is 24.4 Å². The van der Waals surface area contributed by atoms with E-state index in [0.29, 0.717) is 25.2 Å². The molecule has 1 saturated heterocycles. The minimum Gasteiger partial charge on any atom is -0.338 e. The molecule has 0 bridgehead atoms. The molecule has 144 valence electrons. The van der Waals surface area contributed by atoms with E-state index in [9.17, 15) is 13.6 Å². The maximum atomic E-state index is 14.1. The van der Waals surface area contributed by atoms with E-state index in [1.165, 1.54) is 50.1 Å². The maximum absolute atomic E-state index is 14.1. The summed E-state index contributed by atoms with van der Waals surface area (Å²) in [4.78, 5) is 14.7. The number of aromatic nitrogens is 2. The molecule has 0 atom stereocenters. The van der Waals surface area contributed by atoms with E-state index >= 15 is 0 Å². The van der Waals surface area contributed by atoms with E-state index in [4.69, 9.17) is 0 Å². The van der Waals surface area contributed by atoms with Crippen molar-refractivity contribution in [3.63, 3.8) is 0 Å². The highest BCUT2D eigenvalue weighted by Gasteiger charge is 2.29. The second kappa shape index (κ2) is 7.76. The molecular weight excluding hydrogens is 350 g/mol. The summed E-state index contributed by atoms with van der Waals surface area (Å²) in [7, 11) is 0. The first kappa shape index (κ1) is 18.1. The molecule has 1 aliphatic carbocycles. The van der Waals surface area contributed by atoms with Crippen LogP contribution in [0.3, 0.4) is 0 Å². The Morgan fingerprint density at radius 3 is 2.37 bits per heavy atom. The van der Waals surface area contributed by atoms with E-state index in [-0.39, 0.29) is 22.7 Å². The zero-order valence-electron chi connectivity index (χ0n) is 15.2. The van der Waals surface area contributed by atoms with Gasteiger partial charge < -0.3 is 10.2 Å². The minimum atomic E-state index is -0.715. The summed E-state index contributed by atoms with van der Waals surface area (Å²) in [5.74, 6) is -1.67. The number of carbonyl (C=O) groups excluding carboxylic acids is 1. The lowest BCUT2D eigenvalue weighted by atomic mass is 10.0. The number of piperidine rings is 1. The fourth-order valence-corrected chi connectivity index (χ4v) is 4.22. The molecule has 0 unspecified atom stereocenters. The number of benzene rings is 1. The number of nitrogens with zero attached hydrogens (tertiary/aromatic N) is 2. The van der Waals surface area contributed by atoms with Gasteiger partial charge in [0.05, 0.1) is 23.0 Å². The predicted molar refractivity (Wildman–Crippen MR) is 98.3 cm³/mol. The molecule has 1 amide bonds. The van der Waals surface area contributed by atoms with Crippen molar-refractivity contribution < 1.29 is 13.6 Å². The largest absolute Gasteiger partial charge is 0.338 e. The van der Waals surface area contributed by atoms with E-state index in [1.807, 2.05) is 0 Å². The first-order valence-electron chi connectivity index (χ1n) is 9.66. The van der Waals surface area contributed by atoms with Crippen molar-refractivity contribution in [2.75, 3.05) is 13.1 Å². The lowest BCUT2D eigenvalue weighted by Crippen LogP contribution is -2.47. The number of carbonyl (C=O) groups is 1. The smallest absolute Gasteiger partial charge is 0.257 e. The first-order valence-corrected chi connectivity index (χ1v) is 9.66. The van der Waals surface area contributed by atoms with Crippen LogP contribution in [0.5, 0.6) is 0 Å². The Balaban J connectivity index is 1.45. The Hall–Kier alpha value is -2.28. The van der Waals surface area contributed by atoms with Crippen LogP contribution in [0.4, 0.5) is 8.78 Å². The zero-order valence-corrected chi connectivity index (χ0v) is 15.2. The number of likely N-dealkylation sites (tertiary alicyclic amines) is 1. The fourth-order valence-electron chi connectivity index (χ4n) is 4.22. The number of nitrogens with one attached hydrogen (secondary N) is 2. The molecule has 0 spiro atoms. The molecule has 2 N–H and O–H groups in total. The van der Waals surface area contributed by atoms with Crippen molar-refractivity contribution in [3.05, 3.63) is 41.6 Å². The molecule has 27 heavy (non-hydrogen) atoms. The number of halogens is 2. The molecule has 2 heterocycles. The van der Waals surface area contributed by atoms with Crippen molar-refractivity contribution in [3.8, 4) is 11.3 Å². The van der Waals surface area contributed by atoms with Gasteiger partial charge in [-0.3, -0.25) is 9.89 Å². The van der Waals surface area contributed by atoms with E-state index < -0.39 is 11.6 Å². The summed E-state index contributed by atoms with van der Waals surface area (Å²) < 4.78 is 28.2. The van der Waals surface area contributed by atoms with Gasteiger partial charge in [-0.1, -0.05) is 18.9 Å². The van der Waals surface area contributed by atoms with Crippen LogP contribution >= 0.6 is 0 Å². The summed E-state index contributed by atoms with van der Waals surface area (Å²) in [6.07, 6.45) is 8.21. The molecule has 0 radical (unpaired) electrons. The first-order chi connectivity index (χ1) is 13.1. The lowest BCUT2D eigenvalue weighted by molar-refractivity contribution is 0.0703. The third kappa shape index (κ3) is 3.74. The fraction of sp³-hybridized carbons (Fsp3) is 0.500. The third-order valence-corrected chi connectivity index (χ3v) is 5.69. The van der Waals surface area contributed by atoms with Gasteiger partial charge >= 0.3 is 0 Å². The van der Waals surface area contributed by atoms with Gasteiger partial charge in [0.25, 0.3) is 5.91 Å². The molecule has 4 rings (SSSR count). The number of hydrogen-bond acceptors (Lipinski definition) is 3. The zero-order chi connectivity index (χ0) is 18.8. The Bertz CT molecular complexity index is 788. The van der Waals surface area contributed by atoms with Crippen LogP contribution in [-0.2, 0) is 0 Å². The van der Waals surface area contributed by atoms with Crippen LogP contribution in [0.25, 0.3) is 11.3 Å². The predicted octanol–water partition coefficient (Wildman–Crippen LogP) is 3.49. The summed E-state index contributed by atoms with van der Waals surface area (Å²) in [6.45, 7) is 1.27. The van der Waals surface area contributed by atoms with Gasteiger partial charge in [0.15, 0.2) is 0 Å². The van der Waals surface area contributed by atoms with Crippen molar-refractivity contribution in [1.82, 2.24) is 20.4 Å². The van der Waals surface area contributed by atoms with Crippen LogP contribution in [0.1, 0.15) is 48.9 Å². The number of H-pyrrole nitrogens is 1. The number of aromatic amines is 1. The van der Waals surface area contributed by atoms with Crippen molar-refractivity contribution in [1.29, 1.82) is 0 Å². The standard InChI is InChI=1S/C20H24F2N4O/c21-16-6-3-7-17(22)18(16)19-15(12-23-25-19)20(27)26-10-8-14(9-11-26)24-13-4-1-2-5-13/h3,6-7,12-14,24H,1-2,4-5,8-11H2,(H,23,25). The molecule has 2 aliphatic rings. The Morgan fingerprint density at radius 2 is 1.70 bits per heavy atom. The summed E-state index contributed by atoms with van der Waals surface area (Å²) in [5.41, 5.74) is 0.0687. The van der Waals surface area contributed by atoms with Crippen molar-refractivity contribution in [2.45, 2.75) is 50.6 Å². The number of amides is 1. The SMILES string of the molecule is O=C(c1cn[nH]c1-c1c(F)cccc1F)N1CCC(NC2CCCC2)CC1. The van der Waals surface area contributed by atoms with Gasteiger partial charge in [0, 0.05) is 25.2 Å². The third-order valence-electron chi connectivity index (χ3n) is 5.69. The lowest BCUT2D eigenvalue weighted by Gasteiger charge is -2.34. The topological polar surface area (TPSA) is 61.0 Å². The number of rotatable bonds is 4. The molecule has 1 saturated carbocycles. The van der Waals surface area contributed by atoms with E-state index in [2.05, 4.69) is 15.5 Å². The number of hydrogen-bond donors (Lipinski definition) is 2. The molecule has 1 aliphatic heterocycles. The van der Waals surface area contributed by atoms with Gasteiger partial charge in [-0.2, -0.15) is 5.10 Å². The minimum absolute atomic E-state index is 0.0989. The van der Waals surface area contributed by atoms with Crippen LogP contribution in [-0.4, -0.2) is 46.2 Å². The summed E-state index contributed by atoms with van der Waals surface area (Å²) in [5, 5.41) is 10.2. The maximum Gasteiger partial charge on any atom is 0.257 e. The Morgan fingerprint density at radius 1 is 1.07 bits per heavy atom. The normalized spacial score (nSPS) is 19.0. The summed E-state index contributed by atoms with van der Waals surface area (Å²) in [6, 6.07) is 4.70. The van der Waals surface area contributed by atoms with Gasteiger partial charge in [-0.05, 0) is 37.8 Å². The van der Waals surface area contributed by atoms with Gasteiger partial charge in [-0.25, -0.2) is 8.78 Å². The highest BCUT2D eigenvalue weighted by Crippen LogP contribution is 2.28. The van der Waals surface area contributed by atoms with Crippen LogP contribution in [0.2, 0.25) is 0 Å². The second-order valence-corrected chi connectivity index (χ2v) is 7.47. The van der Waals surface area contributed by atoms with Crippen molar-refractivity contribution in [2.24, 2.45) is 0 Å². The molecule has 1 aromatic heterocycles. The monoisotopic (exact) mass is 374 g/mol. The van der Waals surface area contributed by atoms with Crippen LogP contribution < -0.4 is 5.32 Å². The van der Waals surface area contributed by atoms with E-state index in [0.717, 1.165) is 12.8 Å². The van der Waals surface area contributed by atoms with Gasteiger partial charge in [0.1, 0.15) is 11.6 Å². The molecule has 1 aromatic carbocycles. The molecule has 2 fully saturated rings. The molecule has 2 aromatic rings. The quantitative estimate of drug-likeness (QED) is 0.861. The van der Waals surface area contributed by atoms with E-state index in [1.54, 1.807) is 4.90 Å². The van der Waals surface area contributed by atoms with Crippen molar-refractivity contribution >= 4 is 5.91 Å². The second-order valence-electron chi connectivity index (χ2n) is 7.47. The molecule has 5 nitrogen and oxygen atoms in total. The Kier molecular flexibility index (Phi) is 5.20. The highest BCUT2D eigenvalue weighted by molar-refractivity contribution is 5.99. The average Bonchev–Trinajstić information content (AvgIpc) is 3.34. The molecule has 7 heteroatoms. The van der Waals surface area contributed by atoms with Gasteiger partial charge in [0.2, 0.25) is 0 Å². The highest BCUT2D eigenvalue weighted by atomic mass is 19.1. The Labute approximate surface area is 157 Å². The van der Waals surface area contributed by atoms with Gasteiger partial charge in [-0.15, -0.1) is 0 Å². The van der Waals surface area contributed by atoms with Crippen LogP contribution in [0, 0.1) is 11.6 Å². The molecular formula is C20H24F2N4O. The average molecular weight is 374 g/mol.